The fraction of sp³-hybridized carbons (Fsp3) is 0. The van der Waals surface area contributed by atoms with Gasteiger partial charge in [-0.05, 0) is 62.2 Å². The molecule has 2 rings (SSSR count). The predicted octanol–water partition coefficient (Wildman–Crippen LogP) is 5.01. The van der Waals surface area contributed by atoms with E-state index >= 15 is 0 Å². The molecule has 0 fully saturated rings. The zero-order valence-electron chi connectivity index (χ0n) is 8.95. The second kappa shape index (κ2) is 5.51. The van der Waals surface area contributed by atoms with Crippen LogP contribution in [0.15, 0.2) is 45.3 Å². The molecule has 0 bridgehead atoms. The van der Waals surface area contributed by atoms with Gasteiger partial charge in [0.15, 0.2) is 0 Å². The Labute approximate surface area is 120 Å². The van der Waals surface area contributed by atoms with Gasteiger partial charge in [0.25, 0.3) is 0 Å². The highest BCUT2D eigenvalue weighted by atomic mass is 79.9. The molecule has 0 heterocycles. The van der Waals surface area contributed by atoms with Crippen molar-refractivity contribution in [3.8, 4) is 17.6 Å². The van der Waals surface area contributed by atoms with E-state index in [1.165, 1.54) is 6.07 Å². The van der Waals surface area contributed by atoms with Crippen molar-refractivity contribution in [2.45, 2.75) is 0 Å². The quantitative estimate of drug-likeness (QED) is 0.743. The summed E-state index contributed by atoms with van der Waals surface area (Å²) in [5.74, 6) is 0.537. The average molecular weight is 371 g/mol. The Morgan fingerprint density at radius 1 is 1.00 bits per heavy atom. The molecule has 0 saturated heterocycles. The Morgan fingerprint density at radius 2 is 1.67 bits per heavy atom. The number of nitrogens with zero attached hydrogens (tertiary/aromatic N) is 1. The van der Waals surface area contributed by atoms with Crippen LogP contribution in [0.3, 0.4) is 0 Å². The van der Waals surface area contributed by atoms with Crippen LogP contribution in [0.5, 0.6) is 11.5 Å². The van der Waals surface area contributed by atoms with Gasteiger partial charge >= 0.3 is 0 Å². The molecule has 0 aliphatic carbocycles. The molecular formula is C13H6Br2FNO. The molecule has 18 heavy (non-hydrogen) atoms. The molecule has 0 unspecified atom stereocenters. The van der Waals surface area contributed by atoms with Gasteiger partial charge < -0.3 is 4.74 Å². The third kappa shape index (κ3) is 2.89. The Morgan fingerprint density at radius 3 is 2.28 bits per heavy atom. The van der Waals surface area contributed by atoms with E-state index in [2.05, 4.69) is 31.9 Å². The first-order valence-electron chi connectivity index (χ1n) is 4.92. The summed E-state index contributed by atoms with van der Waals surface area (Å²) in [5.41, 5.74) is 0.518. The van der Waals surface area contributed by atoms with Crippen LogP contribution in [-0.4, -0.2) is 0 Å². The van der Waals surface area contributed by atoms with Crippen molar-refractivity contribution in [2.75, 3.05) is 0 Å². The van der Waals surface area contributed by atoms with Crippen LogP contribution in [0.4, 0.5) is 4.39 Å². The van der Waals surface area contributed by atoms with Crippen molar-refractivity contribution in [1.29, 1.82) is 5.26 Å². The zero-order valence-corrected chi connectivity index (χ0v) is 12.1. The Kier molecular flexibility index (Phi) is 4.00. The predicted molar refractivity (Wildman–Crippen MR) is 73.0 cm³/mol. The van der Waals surface area contributed by atoms with E-state index < -0.39 is 0 Å². The van der Waals surface area contributed by atoms with Gasteiger partial charge in [0.1, 0.15) is 23.4 Å². The van der Waals surface area contributed by atoms with Crippen LogP contribution in [0.2, 0.25) is 0 Å². The van der Waals surface area contributed by atoms with Gasteiger partial charge in [-0.2, -0.15) is 5.26 Å². The monoisotopic (exact) mass is 369 g/mol. The molecule has 90 valence electrons. The molecule has 5 heteroatoms. The summed E-state index contributed by atoms with van der Waals surface area (Å²) in [7, 11) is 0. The van der Waals surface area contributed by atoms with E-state index in [4.69, 9.17) is 10.00 Å². The summed E-state index contributed by atoms with van der Waals surface area (Å²) >= 11 is 6.33. The highest BCUT2D eigenvalue weighted by molar-refractivity contribution is 9.10. The summed E-state index contributed by atoms with van der Waals surface area (Å²) < 4.78 is 19.8. The number of rotatable bonds is 2. The van der Waals surface area contributed by atoms with Crippen molar-refractivity contribution >= 4 is 31.9 Å². The number of hydrogen-bond donors (Lipinski definition) is 0. The standard InChI is InChI=1S/C13H6Br2FNO/c14-11-4-3-10(6-13(11)16)18-9-2-1-8(7-17)12(15)5-9/h1-6H. The van der Waals surface area contributed by atoms with E-state index in [0.29, 0.717) is 26.0 Å². The van der Waals surface area contributed by atoms with Gasteiger partial charge in [-0.1, -0.05) is 0 Å². The van der Waals surface area contributed by atoms with E-state index in [9.17, 15) is 4.39 Å². The second-order valence-corrected chi connectivity index (χ2v) is 5.14. The molecule has 2 nitrogen and oxygen atoms in total. The third-order valence-corrected chi connectivity index (χ3v) is 3.49. The van der Waals surface area contributed by atoms with Gasteiger partial charge in [-0.25, -0.2) is 4.39 Å². The summed E-state index contributed by atoms with van der Waals surface area (Å²) in [6.07, 6.45) is 0. The van der Waals surface area contributed by atoms with Gasteiger partial charge in [0.2, 0.25) is 0 Å². The molecule has 0 saturated carbocycles. The third-order valence-electron chi connectivity index (χ3n) is 2.19. The molecule has 0 aliphatic heterocycles. The summed E-state index contributed by atoms with van der Waals surface area (Å²) in [5, 5.41) is 8.79. The lowest BCUT2D eigenvalue weighted by atomic mass is 10.2. The first kappa shape index (κ1) is 13.1. The zero-order chi connectivity index (χ0) is 13.1. The summed E-state index contributed by atoms with van der Waals surface area (Å²) in [4.78, 5) is 0. The average Bonchev–Trinajstić information content (AvgIpc) is 2.34. The van der Waals surface area contributed by atoms with Crippen LogP contribution in [-0.2, 0) is 0 Å². The molecule has 0 radical (unpaired) electrons. The lowest BCUT2D eigenvalue weighted by Crippen LogP contribution is -1.87. The molecule has 0 N–H and O–H groups in total. The molecule has 0 aliphatic rings. The first-order chi connectivity index (χ1) is 8.60. The lowest BCUT2D eigenvalue weighted by molar-refractivity contribution is 0.476. The van der Waals surface area contributed by atoms with Crippen LogP contribution < -0.4 is 4.74 Å². The van der Waals surface area contributed by atoms with Crippen LogP contribution in [0.1, 0.15) is 5.56 Å². The number of nitriles is 1. The van der Waals surface area contributed by atoms with Crippen molar-refractivity contribution in [3.63, 3.8) is 0 Å². The number of halogens is 3. The molecule has 2 aromatic rings. The minimum absolute atomic E-state index is 0.385. The molecule has 2 aromatic carbocycles. The van der Waals surface area contributed by atoms with E-state index in [1.54, 1.807) is 30.3 Å². The highest BCUT2D eigenvalue weighted by Crippen LogP contribution is 2.28. The molecule has 0 amide bonds. The van der Waals surface area contributed by atoms with Crippen molar-refractivity contribution < 1.29 is 9.13 Å². The van der Waals surface area contributed by atoms with Gasteiger partial charge in [-0.3, -0.25) is 0 Å². The first-order valence-corrected chi connectivity index (χ1v) is 6.51. The Balaban J connectivity index is 2.26. The van der Waals surface area contributed by atoms with E-state index in [0.717, 1.165) is 0 Å². The topological polar surface area (TPSA) is 33.0 Å². The highest BCUT2D eigenvalue weighted by Gasteiger charge is 2.05. The molecule has 0 spiro atoms. The molecule has 0 atom stereocenters. The fourth-order valence-corrected chi connectivity index (χ4v) is 2.02. The maximum atomic E-state index is 13.3. The van der Waals surface area contributed by atoms with Crippen LogP contribution in [0, 0.1) is 17.1 Å². The van der Waals surface area contributed by atoms with Gasteiger partial charge in [-0.15, -0.1) is 0 Å². The summed E-state index contributed by atoms with van der Waals surface area (Å²) in [6.45, 7) is 0. The largest absolute Gasteiger partial charge is 0.457 e. The van der Waals surface area contributed by atoms with Crippen LogP contribution >= 0.6 is 31.9 Å². The minimum Gasteiger partial charge on any atom is -0.457 e. The lowest BCUT2D eigenvalue weighted by Gasteiger charge is -2.07. The van der Waals surface area contributed by atoms with E-state index in [1.807, 2.05) is 6.07 Å². The summed E-state index contributed by atoms with van der Waals surface area (Å²) in [6, 6.07) is 11.5. The van der Waals surface area contributed by atoms with Gasteiger partial charge in [0, 0.05) is 10.5 Å². The molecular weight excluding hydrogens is 365 g/mol. The SMILES string of the molecule is N#Cc1ccc(Oc2ccc(Br)c(F)c2)cc1Br. The van der Waals surface area contributed by atoms with Crippen molar-refractivity contribution in [1.82, 2.24) is 0 Å². The van der Waals surface area contributed by atoms with Crippen LogP contribution in [0.25, 0.3) is 0 Å². The second-order valence-electron chi connectivity index (χ2n) is 3.43. The smallest absolute Gasteiger partial charge is 0.141 e. The normalized spacial score (nSPS) is 9.89. The number of ether oxygens (including phenoxy) is 1. The maximum Gasteiger partial charge on any atom is 0.141 e. The number of hydrogen-bond acceptors (Lipinski definition) is 2. The maximum absolute atomic E-state index is 13.3. The van der Waals surface area contributed by atoms with E-state index in [-0.39, 0.29) is 5.82 Å². The van der Waals surface area contributed by atoms with Gasteiger partial charge in [0.05, 0.1) is 10.0 Å². The Bertz CT molecular complexity index is 637. The fourth-order valence-electron chi connectivity index (χ4n) is 1.33. The molecule has 0 aromatic heterocycles. The Hall–Kier alpha value is -1.38. The minimum atomic E-state index is -0.389. The number of benzene rings is 2. The van der Waals surface area contributed by atoms with Crippen molar-refractivity contribution in [2.24, 2.45) is 0 Å². The van der Waals surface area contributed by atoms with Crippen molar-refractivity contribution in [3.05, 3.63) is 56.7 Å².